The first-order valence-electron chi connectivity index (χ1n) is 16.6. The highest BCUT2D eigenvalue weighted by Gasteiger charge is 2.21. The summed E-state index contributed by atoms with van der Waals surface area (Å²) < 4.78 is 8.68. The monoisotopic (exact) mass is 641 g/mol. The van der Waals surface area contributed by atoms with E-state index in [1.54, 1.807) is 0 Å². The van der Waals surface area contributed by atoms with Crippen LogP contribution in [0, 0.1) is 0 Å². The van der Waals surface area contributed by atoms with Gasteiger partial charge in [0.2, 0.25) is 0 Å². The van der Waals surface area contributed by atoms with E-state index in [1.807, 2.05) is 78.9 Å². The molecule has 4 heterocycles. The topological polar surface area (TPSA) is 69.6 Å². The van der Waals surface area contributed by atoms with Crippen molar-refractivity contribution >= 4 is 43.9 Å². The van der Waals surface area contributed by atoms with Crippen LogP contribution in [0.25, 0.3) is 95.0 Å². The molecule has 6 aromatic carbocycles. The van der Waals surface area contributed by atoms with Crippen molar-refractivity contribution in [1.82, 2.24) is 24.5 Å². The van der Waals surface area contributed by atoms with Crippen LogP contribution in [0.5, 0.6) is 0 Å². The molecule has 0 fully saturated rings. The summed E-state index contributed by atoms with van der Waals surface area (Å²) in [6.45, 7) is 0. The van der Waals surface area contributed by atoms with Gasteiger partial charge in [-0.15, -0.1) is 0 Å². The molecule has 234 valence electrons. The minimum Gasteiger partial charge on any atom is -0.452 e. The molecule has 6 heteroatoms. The minimum atomic E-state index is 0.434. The second-order valence-corrected chi connectivity index (χ2v) is 12.3. The van der Waals surface area contributed by atoms with Gasteiger partial charge in [0.05, 0.1) is 22.4 Å². The predicted octanol–water partition coefficient (Wildman–Crippen LogP) is 10.9. The molecule has 0 saturated carbocycles. The molecule has 0 bridgehead atoms. The number of hydrogen-bond acceptors (Lipinski definition) is 5. The Hall–Kier alpha value is -6.92. The standard InChI is InChI=1S/C44H27N5O/c1-4-14-28(15-5-1)35-27-36(30-24-25-38-34(26-30)32-20-10-12-22-37(32)49(38)31-18-8-3-9-19-31)46-43(45-35)44-47-40(29-16-6-2-7-17-29)42-41(48-44)33-21-11-13-23-39(33)50-42/h1-27H. The van der Waals surface area contributed by atoms with Crippen LogP contribution >= 0.6 is 0 Å². The van der Waals surface area contributed by atoms with Crippen LogP contribution in [0.1, 0.15) is 0 Å². The van der Waals surface area contributed by atoms with E-state index in [4.69, 9.17) is 24.4 Å². The summed E-state index contributed by atoms with van der Waals surface area (Å²) in [6, 6.07) is 55.9. The van der Waals surface area contributed by atoms with Crippen molar-refractivity contribution in [2.45, 2.75) is 0 Å². The van der Waals surface area contributed by atoms with Gasteiger partial charge in [0, 0.05) is 38.5 Å². The normalized spacial score (nSPS) is 11.6. The van der Waals surface area contributed by atoms with Crippen LogP contribution < -0.4 is 0 Å². The second-order valence-electron chi connectivity index (χ2n) is 12.3. The number of hydrogen-bond donors (Lipinski definition) is 0. The summed E-state index contributed by atoms with van der Waals surface area (Å²) in [6.07, 6.45) is 0. The molecule has 0 aliphatic heterocycles. The highest BCUT2D eigenvalue weighted by atomic mass is 16.3. The van der Waals surface area contributed by atoms with Crippen LogP contribution in [0.3, 0.4) is 0 Å². The van der Waals surface area contributed by atoms with E-state index in [-0.39, 0.29) is 0 Å². The van der Waals surface area contributed by atoms with Crippen LogP contribution in [0.15, 0.2) is 168 Å². The molecular formula is C44H27N5O. The maximum Gasteiger partial charge on any atom is 0.199 e. The molecule has 10 aromatic rings. The highest BCUT2D eigenvalue weighted by molar-refractivity contribution is 6.10. The van der Waals surface area contributed by atoms with E-state index in [2.05, 4.69) is 89.5 Å². The first-order chi connectivity index (χ1) is 24.8. The number of fused-ring (bicyclic) bond motifs is 6. The number of furan rings is 1. The summed E-state index contributed by atoms with van der Waals surface area (Å²) in [5.41, 5.74) is 10.7. The van der Waals surface area contributed by atoms with Gasteiger partial charge in [-0.1, -0.05) is 115 Å². The molecule has 0 spiro atoms. The van der Waals surface area contributed by atoms with Crippen LogP contribution in [0.2, 0.25) is 0 Å². The van der Waals surface area contributed by atoms with E-state index in [0.717, 1.165) is 66.7 Å². The molecule has 0 atom stereocenters. The number of nitrogens with zero attached hydrogens (tertiary/aromatic N) is 5. The minimum absolute atomic E-state index is 0.434. The van der Waals surface area contributed by atoms with Crippen molar-refractivity contribution in [3.05, 3.63) is 164 Å². The molecule has 0 unspecified atom stereocenters. The molecule has 0 aliphatic rings. The van der Waals surface area contributed by atoms with E-state index >= 15 is 0 Å². The Morgan fingerprint density at radius 1 is 0.420 bits per heavy atom. The van der Waals surface area contributed by atoms with Crippen molar-refractivity contribution < 1.29 is 4.42 Å². The fourth-order valence-electron chi connectivity index (χ4n) is 6.92. The van der Waals surface area contributed by atoms with Gasteiger partial charge < -0.3 is 8.98 Å². The Balaban J connectivity index is 1.22. The molecular weight excluding hydrogens is 615 g/mol. The maximum absolute atomic E-state index is 6.36. The molecule has 0 aliphatic carbocycles. The van der Waals surface area contributed by atoms with E-state index in [9.17, 15) is 0 Å². The SMILES string of the molecule is c1ccc(-c2cc(-c3ccc4c(c3)c3ccccc3n4-c3ccccc3)nc(-c3nc(-c4ccccc4)c4oc5ccccc5c4n3)n2)cc1. The Labute approximate surface area is 287 Å². The van der Waals surface area contributed by atoms with Gasteiger partial charge in [-0.3, -0.25) is 0 Å². The molecule has 0 amide bonds. The van der Waals surface area contributed by atoms with Crippen LogP contribution in [0.4, 0.5) is 0 Å². The van der Waals surface area contributed by atoms with Gasteiger partial charge in [-0.2, -0.15) is 0 Å². The average Bonchev–Trinajstić information content (AvgIpc) is 3.74. The molecule has 4 aromatic heterocycles. The lowest BCUT2D eigenvalue weighted by Gasteiger charge is -2.11. The van der Waals surface area contributed by atoms with Gasteiger partial charge in [0.1, 0.15) is 16.8 Å². The smallest absolute Gasteiger partial charge is 0.199 e. The predicted molar refractivity (Wildman–Crippen MR) is 201 cm³/mol. The van der Waals surface area contributed by atoms with Gasteiger partial charge in [0.25, 0.3) is 0 Å². The third-order valence-corrected chi connectivity index (χ3v) is 9.25. The Bertz CT molecular complexity index is 2860. The quantitative estimate of drug-likeness (QED) is 0.187. The van der Waals surface area contributed by atoms with Crippen LogP contribution in [-0.2, 0) is 0 Å². The van der Waals surface area contributed by atoms with Crippen molar-refractivity contribution in [1.29, 1.82) is 0 Å². The van der Waals surface area contributed by atoms with Crippen molar-refractivity contribution in [3.8, 4) is 51.1 Å². The number of benzene rings is 6. The van der Waals surface area contributed by atoms with Gasteiger partial charge >= 0.3 is 0 Å². The fraction of sp³-hybridized carbons (Fsp3) is 0. The fourth-order valence-corrected chi connectivity index (χ4v) is 6.92. The summed E-state index contributed by atoms with van der Waals surface area (Å²) >= 11 is 0. The molecule has 0 saturated heterocycles. The zero-order chi connectivity index (χ0) is 33.0. The molecule has 10 rings (SSSR count). The molecule has 0 N–H and O–H groups in total. The Morgan fingerprint density at radius 3 is 1.80 bits per heavy atom. The third-order valence-electron chi connectivity index (χ3n) is 9.25. The summed E-state index contributed by atoms with van der Waals surface area (Å²) in [7, 11) is 0. The van der Waals surface area contributed by atoms with Crippen molar-refractivity contribution in [2.24, 2.45) is 0 Å². The number of aromatic nitrogens is 5. The molecule has 50 heavy (non-hydrogen) atoms. The van der Waals surface area contributed by atoms with Gasteiger partial charge in [-0.25, -0.2) is 19.9 Å². The lowest BCUT2D eigenvalue weighted by molar-refractivity contribution is 0.667. The Kier molecular flexibility index (Phi) is 6.39. The first kappa shape index (κ1) is 28.1. The lowest BCUT2D eigenvalue weighted by atomic mass is 10.0. The summed E-state index contributed by atoms with van der Waals surface area (Å²) in [5.74, 6) is 0.876. The van der Waals surface area contributed by atoms with Gasteiger partial charge in [0.15, 0.2) is 17.2 Å². The zero-order valence-corrected chi connectivity index (χ0v) is 26.7. The summed E-state index contributed by atoms with van der Waals surface area (Å²) in [4.78, 5) is 20.5. The number of rotatable bonds is 5. The van der Waals surface area contributed by atoms with Crippen molar-refractivity contribution in [2.75, 3.05) is 0 Å². The van der Waals surface area contributed by atoms with Crippen molar-refractivity contribution in [3.63, 3.8) is 0 Å². The number of para-hydroxylation sites is 3. The van der Waals surface area contributed by atoms with E-state index in [1.165, 1.54) is 5.39 Å². The maximum atomic E-state index is 6.36. The van der Waals surface area contributed by atoms with Crippen LogP contribution in [-0.4, -0.2) is 24.5 Å². The van der Waals surface area contributed by atoms with E-state index < -0.39 is 0 Å². The molecule has 0 radical (unpaired) electrons. The third kappa shape index (κ3) is 4.58. The summed E-state index contributed by atoms with van der Waals surface area (Å²) in [5, 5.41) is 3.25. The molecule has 6 nitrogen and oxygen atoms in total. The zero-order valence-electron chi connectivity index (χ0n) is 26.7. The largest absolute Gasteiger partial charge is 0.452 e. The average molecular weight is 642 g/mol. The lowest BCUT2D eigenvalue weighted by Crippen LogP contribution is -2.01. The second kappa shape index (κ2) is 11.4. The first-order valence-corrected chi connectivity index (χ1v) is 16.6. The van der Waals surface area contributed by atoms with E-state index in [0.29, 0.717) is 22.9 Å². The van der Waals surface area contributed by atoms with Gasteiger partial charge in [-0.05, 0) is 48.5 Å². The highest BCUT2D eigenvalue weighted by Crippen LogP contribution is 2.38. The Morgan fingerprint density at radius 2 is 1.02 bits per heavy atom.